The fourth-order valence-electron chi connectivity index (χ4n) is 2.61. The smallest absolute Gasteiger partial charge is 0.191 e. The SMILES string of the molecule is CCNC(=NCC(O)COc1cccc(Cl)c1Cl)NC1CCCC1. The number of hydrogen-bond acceptors (Lipinski definition) is 3. The summed E-state index contributed by atoms with van der Waals surface area (Å²) >= 11 is 12.0. The van der Waals surface area contributed by atoms with E-state index in [-0.39, 0.29) is 13.2 Å². The van der Waals surface area contributed by atoms with Crippen LogP contribution in [0.4, 0.5) is 0 Å². The standard InChI is InChI=1S/C17H25Cl2N3O2/c1-2-20-17(22-12-6-3-4-7-12)21-10-13(23)11-24-15-9-5-8-14(18)16(15)19/h5,8-9,12-13,23H,2-4,6-7,10-11H2,1H3,(H2,20,21,22). The first-order valence-electron chi connectivity index (χ1n) is 8.40. The number of nitrogens with zero attached hydrogens (tertiary/aromatic N) is 1. The largest absolute Gasteiger partial charge is 0.489 e. The lowest BCUT2D eigenvalue weighted by Gasteiger charge is -2.17. The molecule has 2 rings (SSSR count). The maximum Gasteiger partial charge on any atom is 0.191 e. The van der Waals surface area contributed by atoms with Crippen LogP contribution in [0.3, 0.4) is 0 Å². The highest BCUT2D eigenvalue weighted by atomic mass is 35.5. The van der Waals surface area contributed by atoms with Crippen LogP contribution in [0.25, 0.3) is 0 Å². The van der Waals surface area contributed by atoms with E-state index in [0.29, 0.717) is 21.8 Å². The van der Waals surface area contributed by atoms with Crippen LogP contribution in [0.5, 0.6) is 5.75 Å². The monoisotopic (exact) mass is 373 g/mol. The third kappa shape index (κ3) is 6.04. The van der Waals surface area contributed by atoms with Crippen molar-refractivity contribution in [2.24, 2.45) is 4.99 Å². The molecule has 1 atom stereocenters. The predicted octanol–water partition coefficient (Wildman–Crippen LogP) is 3.23. The molecule has 0 heterocycles. The second-order valence-electron chi connectivity index (χ2n) is 5.86. The number of aliphatic imine (C=N–C) groups is 1. The Morgan fingerprint density at radius 3 is 2.83 bits per heavy atom. The van der Waals surface area contributed by atoms with Crippen molar-refractivity contribution in [2.75, 3.05) is 19.7 Å². The molecule has 1 aromatic carbocycles. The van der Waals surface area contributed by atoms with E-state index in [9.17, 15) is 5.11 Å². The molecule has 24 heavy (non-hydrogen) atoms. The van der Waals surface area contributed by atoms with Crippen molar-refractivity contribution in [1.82, 2.24) is 10.6 Å². The lowest BCUT2D eigenvalue weighted by Crippen LogP contribution is -2.43. The van der Waals surface area contributed by atoms with Gasteiger partial charge in [0.2, 0.25) is 0 Å². The third-order valence-electron chi connectivity index (χ3n) is 3.85. The molecule has 5 nitrogen and oxygen atoms in total. The summed E-state index contributed by atoms with van der Waals surface area (Å²) in [5, 5.41) is 17.5. The Labute approximate surface area is 153 Å². The molecule has 0 bridgehead atoms. The highest BCUT2D eigenvalue weighted by molar-refractivity contribution is 6.42. The van der Waals surface area contributed by atoms with Crippen molar-refractivity contribution in [3.05, 3.63) is 28.2 Å². The van der Waals surface area contributed by atoms with Gasteiger partial charge in [-0.05, 0) is 31.9 Å². The molecule has 7 heteroatoms. The quantitative estimate of drug-likeness (QED) is 0.507. The maximum atomic E-state index is 10.1. The Kier molecular flexibility index (Phi) is 7.95. The van der Waals surface area contributed by atoms with Crippen LogP contribution in [0.1, 0.15) is 32.6 Å². The Balaban J connectivity index is 1.82. The van der Waals surface area contributed by atoms with Crippen LogP contribution >= 0.6 is 23.2 Å². The summed E-state index contributed by atoms with van der Waals surface area (Å²) in [5.74, 6) is 1.20. The highest BCUT2D eigenvalue weighted by Crippen LogP contribution is 2.31. The number of hydrogen-bond donors (Lipinski definition) is 3. The number of aliphatic hydroxyl groups is 1. The van der Waals surface area contributed by atoms with Gasteiger partial charge in [-0.2, -0.15) is 0 Å². The molecule has 134 valence electrons. The number of guanidine groups is 1. The van der Waals surface area contributed by atoms with Gasteiger partial charge in [0.25, 0.3) is 0 Å². The van der Waals surface area contributed by atoms with Gasteiger partial charge < -0.3 is 20.5 Å². The van der Waals surface area contributed by atoms with Crippen LogP contribution in [-0.2, 0) is 0 Å². The zero-order chi connectivity index (χ0) is 17.4. The van der Waals surface area contributed by atoms with Crippen molar-refractivity contribution in [3.63, 3.8) is 0 Å². The van der Waals surface area contributed by atoms with E-state index in [1.807, 2.05) is 6.92 Å². The Morgan fingerprint density at radius 2 is 2.12 bits per heavy atom. The molecule has 1 fully saturated rings. The van der Waals surface area contributed by atoms with E-state index in [0.717, 1.165) is 12.5 Å². The molecular formula is C17H25Cl2N3O2. The van der Waals surface area contributed by atoms with Gasteiger partial charge in [-0.15, -0.1) is 0 Å². The van der Waals surface area contributed by atoms with E-state index in [2.05, 4.69) is 15.6 Å². The van der Waals surface area contributed by atoms with Gasteiger partial charge in [0.1, 0.15) is 23.5 Å². The van der Waals surface area contributed by atoms with E-state index in [4.69, 9.17) is 27.9 Å². The second-order valence-corrected chi connectivity index (χ2v) is 6.65. The van der Waals surface area contributed by atoms with Crippen LogP contribution in [-0.4, -0.2) is 42.9 Å². The molecule has 0 aromatic heterocycles. The molecule has 0 amide bonds. The van der Waals surface area contributed by atoms with Crippen LogP contribution in [0, 0.1) is 0 Å². The topological polar surface area (TPSA) is 65.9 Å². The number of benzene rings is 1. The lowest BCUT2D eigenvalue weighted by molar-refractivity contribution is 0.114. The van der Waals surface area contributed by atoms with E-state index >= 15 is 0 Å². The van der Waals surface area contributed by atoms with Crippen molar-refractivity contribution in [3.8, 4) is 5.75 Å². The van der Waals surface area contributed by atoms with Crippen molar-refractivity contribution in [1.29, 1.82) is 0 Å². The summed E-state index contributed by atoms with van der Waals surface area (Å²) in [6.07, 6.45) is 4.13. The van der Waals surface area contributed by atoms with Crippen molar-refractivity contribution < 1.29 is 9.84 Å². The molecule has 1 aliphatic rings. The maximum absolute atomic E-state index is 10.1. The molecule has 1 aromatic rings. The molecule has 0 spiro atoms. The van der Waals surface area contributed by atoms with Gasteiger partial charge in [0, 0.05) is 12.6 Å². The molecule has 1 aliphatic carbocycles. The Bertz CT molecular complexity index is 549. The average molecular weight is 374 g/mol. The predicted molar refractivity (Wildman–Crippen MR) is 99.3 cm³/mol. The molecule has 3 N–H and O–H groups in total. The van der Waals surface area contributed by atoms with E-state index in [1.54, 1.807) is 18.2 Å². The summed E-state index contributed by atoms with van der Waals surface area (Å²) in [6, 6.07) is 5.63. The highest BCUT2D eigenvalue weighted by Gasteiger charge is 2.16. The normalized spacial score (nSPS) is 16.9. The Hall–Kier alpha value is -1.17. The first-order chi connectivity index (χ1) is 11.6. The fourth-order valence-corrected chi connectivity index (χ4v) is 2.96. The number of ether oxygens (including phenoxy) is 1. The van der Waals surface area contributed by atoms with E-state index in [1.165, 1.54) is 25.7 Å². The molecule has 1 unspecified atom stereocenters. The zero-order valence-electron chi connectivity index (χ0n) is 13.9. The summed E-state index contributed by atoms with van der Waals surface area (Å²) in [7, 11) is 0. The number of rotatable bonds is 7. The Morgan fingerprint density at radius 1 is 1.38 bits per heavy atom. The number of halogens is 2. The molecule has 0 aliphatic heterocycles. The van der Waals surface area contributed by atoms with Crippen LogP contribution < -0.4 is 15.4 Å². The van der Waals surface area contributed by atoms with Gasteiger partial charge in [-0.3, -0.25) is 4.99 Å². The fraction of sp³-hybridized carbons (Fsp3) is 0.588. The van der Waals surface area contributed by atoms with Gasteiger partial charge in [0.15, 0.2) is 5.96 Å². The average Bonchev–Trinajstić information content (AvgIpc) is 3.07. The second kappa shape index (κ2) is 9.97. The molecule has 0 saturated heterocycles. The van der Waals surface area contributed by atoms with Gasteiger partial charge in [-0.1, -0.05) is 42.1 Å². The van der Waals surface area contributed by atoms with E-state index < -0.39 is 6.10 Å². The van der Waals surface area contributed by atoms with Gasteiger partial charge >= 0.3 is 0 Å². The first kappa shape index (κ1) is 19.2. The van der Waals surface area contributed by atoms with Gasteiger partial charge in [0.05, 0.1) is 11.6 Å². The van der Waals surface area contributed by atoms with Crippen LogP contribution in [0.2, 0.25) is 10.0 Å². The summed E-state index contributed by atoms with van der Waals surface area (Å²) in [5.41, 5.74) is 0. The number of aliphatic hydroxyl groups excluding tert-OH is 1. The van der Waals surface area contributed by atoms with Crippen molar-refractivity contribution >= 4 is 29.2 Å². The first-order valence-corrected chi connectivity index (χ1v) is 9.15. The molecule has 0 radical (unpaired) electrons. The minimum absolute atomic E-state index is 0.104. The molecular weight excluding hydrogens is 349 g/mol. The summed E-state index contributed by atoms with van der Waals surface area (Å²) < 4.78 is 5.53. The number of nitrogens with one attached hydrogen (secondary N) is 2. The lowest BCUT2D eigenvalue weighted by atomic mass is 10.2. The van der Waals surface area contributed by atoms with Crippen LogP contribution in [0.15, 0.2) is 23.2 Å². The third-order valence-corrected chi connectivity index (χ3v) is 4.65. The van der Waals surface area contributed by atoms with Crippen molar-refractivity contribution in [2.45, 2.75) is 44.8 Å². The minimum Gasteiger partial charge on any atom is -0.489 e. The summed E-state index contributed by atoms with van der Waals surface area (Å²) in [4.78, 5) is 4.43. The summed E-state index contributed by atoms with van der Waals surface area (Å²) in [6.45, 7) is 3.16. The van der Waals surface area contributed by atoms with Gasteiger partial charge in [-0.25, -0.2) is 0 Å². The zero-order valence-corrected chi connectivity index (χ0v) is 15.4. The molecule has 1 saturated carbocycles. The minimum atomic E-state index is -0.723.